The van der Waals surface area contributed by atoms with Gasteiger partial charge in [-0.1, -0.05) is 36.4 Å². The van der Waals surface area contributed by atoms with Gasteiger partial charge < -0.3 is 10.1 Å². The molecule has 2 aromatic carbocycles. The van der Waals surface area contributed by atoms with E-state index in [1.165, 1.54) is 18.2 Å². The number of nitriles is 1. The van der Waals surface area contributed by atoms with Gasteiger partial charge in [0.05, 0.1) is 6.07 Å². The number of hydrogen-bond donors (Lipinski definition) is 1. The van der Waals surface area contributed by atoms with Crippen molar-refractivity contribution in [2.75, 3.05) is 5.32 Å². The number of hydrogen-bond acceptors (Lipinski definition) is 3. The Morgan fingerprint density at radius 2 is 1.62 bits per heavy atom. The lowest BCUT2D eigenvalue weighted by molar-refractivity contribution is -0.274. The molecule has 0 aliphatic carbocycles. The van der Waals surface area contributed by atoms with Gasteiger partial charge in [-0.05, 0) is 18.2 Å². The standard InChI is InChI=1S/C15H11F3N2O/c16-15(17,18)21-14-9-5-4-8-12(14)13(10-19)20-11-6-2-1-3-7-11/h1-9,13,20H. The van der Waals surface area contributed by atoms with E-state index in [-0.39, 0.29) is 11.3 Å². The van der Waals surface area contributed by atoms with Crippen LogP contribution in [0.2, 0.25) is 0 Å². The molecule has 21 heavy (non-hydrogen) atoms. The first-order valence-corrected chi connectivity index (χ1v) is 6.05. The Morgan fingerprint density at radius 1 is 1.00 bits per heavy atom. The van der Waals surface area contributed by atoms with Gasteiger partial charge in [0.1, 0.15) is 11.8 Å². The zero-order chi connectivity index (χ0) is 15.3. The minimum Gasteiger partial charge on any atom is -0.405 e. The van der Waals surface area contributed by atoms with Crippen molar-refractivity contribution in [3.63, 3.8) is 0 Å². The van der Waals surface area contributed by atoms with Crippen molar-refractivity contribution in [3.8, 4) is 11.8 Å². The molecule has 1 atom stereocenters. The Balaban J connectivity index is 2.28. The molecule has 0 radical (unpaired) electrons. The van der Waals surface area contributed by atoms with Crippen LogP contribution in [0.3, 0.4) is 0 Å². The molecule has 0 bridgehead atoms. The van der Waals surface area contributed by atoms with Crippen molar-refractivity contribution in [3.05, 3.63) is 60.2 Å². The number of anilines is 1. The lowest BCUT2D eigenvalue weighted by Gasteiger charge is -2.18. The van der Waals surface area contributed by atoms with Crippen LogP contribution in [0.15, 0.2) is 54.6 Å². The van der Waals surface area contributed by atoms with Crippen LogP contribution in [0.25, 0.3) is 0 Å². The lowest BCUT2D eigenvalue weighted by atomic mass is 10.1. The van der Waals surface area contributed by atoms with E-state index in [1.807, 2.05) is 6.07 Å². The van der Waals surface area contributed by atoms with Crippen LogP contribution < -0.4 is 10.1 Å². The van der Waals surface area contributed by atoms with E-state index in [9.17, 15) is 18.4 Å². The summed E-state index contributed by atoms with van der Waals surface area (Å²) >= 11 is 0. The van der Waals surface area contributed by atoms with Gasteiger partial charge in [-0.2, -0.15) is 5.26 Å². The molecular formula is C15H11F3N2O. The highest BCUT2D eigenvalue weighted by atomic mass is 19.4. The maximum atomic E-state index is 12.4. The molecule has 0 aliphatic rings. The lowest BCUT2D eigenvalue weighted by Crippen LogP contribution is -2.19. The van der Waals surface area contributed by atoms with Gasteiger partial charge in [0.2, 0.25) is 0 Å². The zero-order valence-electron chi connectivity index (χ0n) is 10.8. The van der Waals surface area contributed by atoms with Crippen LogP contribution in [-0.2, 0) is 0 Å². The summed E-state index contributed by atoms with van der Waals surface area (Å²) in [5, 5.41) is 12.1. The first-order chi connectivity index (χ1) is 9.99. The predicted octanol–water partition coefficient (Wildman–Crippen LogP) is 4.26. The Hall–Kier alpha value is -2.68. The number of halogens is 3. The molecule has 2 rings (SSSR count). The van der Waals surface area contributed by atoms with Gasteiger partial charge in [-0.15, -0.1) is 13.2 Å². The molecular weight excluding hydrogens is 281 g/mol. The van der Waals surface area contributed by atoms with Crippen LogP contribution in [0.5, 0.6) is 5.75 Å². The van der Waals surface area contributed by atoms with E-state index in [0.29, 0.717) is 5.69 Å². The Bertz CT molecular complexity index is 635. The fraction of sp³-hybridized carbons (Fsp3) is 0.133. The minimum atomic E-state index is -4.80. The SMILES string of the molecule is N#CC(Nc1ccccc1)c1ccccc1OC(F)(F)F. The zero-order valence-corrected chi connectivity index (χ0v) is 10.8. The molecule has 3 nitrogen and oxygen atoms in total. The van der Waals surface area contributed by atoms with Crippen molar-refractivity contribution in [2.24, 2.45) is 0 Å². The number of benzene rings is 2. The smallest absolute Gasteiger partial charge is 0.405 e. The summed E-state index contributed by atoms with van der Waals surface area (Å²) in [6.45, 7) is 0. The highest BCUT2D eigenvalue weighted by molar-refractivity contribution is 5.50. The maximum absolute atomic E-state index is 12.4. The van der Waals surface area contributed by atoms with Crippen molar-refractivity contribution in [1.82, 2.24) is 0 Å². The summed E-state index contributed by atoms with van der Waals surface area (Å²) in [5.41, 5.74) is 0.757. The monoisotopic (exact) mass is 292 g/mol. The van der Waals surface area contributed by atoms with Crippen molar-refractivity contribution >= 4 is 5.69 Å². The Kier molecular flexibility index (Phi) is 4.33. The van der Waals surface area contributed by atoms with Crippen LogP contribution in [-0.4, -0.2) is 6.36 Å². The average Bonchev–Trinajstić information content (AvgIpc) is 2.45. The van der Waals surface area contributed by atoms with Crippen molar-refractivity contribution in [1.29, 1.82) is 5.26 Å². The van der Waals surface area contributed by atoms with Gasteiger partial charge in [0.25, 0.3) is 0 Å². The number of rotatable bonds is 4. The molecule has 0 fully saturated rings. The molecule has 2 aromatic rings. The Morgan fingerprint density at radius 3 is 2.24 bits per heavy atom. The topological polar surface area (TPSA) is 45.0 Å². The number of ether oxygens (including phenoxy) is 1. The normalized spacial score (nSPS) is 12.3. The first kappa shape index (κ1) is 14.7. The summed E-state index contributed by atoms with van der Waals surface area (Å²) in [6, 6.07) is 15.3. The molecule has 0 heterocycles. The second-order valence-electron chi connectivity index (χ2n) is 4.16. The molecule has 6 heteroatoms. The van der Waals surface area contributed by atoms with Crippen molar-refractivity contribution < 1.29 is 17.9 Å². The summed E-state index contributed by atoms with van der Waals surface area (Å²) < 4.78 is 41.1. The fourth-order valence-corrected chi connectivity index (χ4v) is 1.82. The van der Waals surface area contributed by atoms with Gasteiger partial charge in [0.15, 0.2) is 0 Å². The van der Waals surface area contributed by atoms with Gasteiger partial charge in [0, 0.05) is 11.3 Å². The summed E-state index contributed by atoms with van der Waals surface area (Å²) in [7, 11) is 0. The van der Waals surface area contributed by atoms with E-state index in [2.05, 4.69) is 10.1 Å². The average molecular weight is 292 g/mol. The van der Waals surface area contributed by atoms with Crippen LogP contribution in [0, 0.1) is 11.3 Å². The number of nitrogens with one attached hydrogen (secondary N) is 1. The van der Waals surface area contributed by atoms with Crippen LogP contribution >= 0.6 is 0 Å². The Labute approximate surface area is 119 Å². The summed E-state index contributed by atoms with van der Waals surface area (Å²) in [6.07, 6.45) is -4.80. The maximum Gasteiger partial charge on any atom is 0.573 e. The largest absolute Gasteiger partial charge is 0.573 e. The molecule has 0 aromatic heterocycles. The van der Waals surface area contributed by atoms with E-state index in [4.69, 9.17) is 0 Å². The van der Waals surface area contributed by atoms with Crippen LogP contribution in [0.4, 0.5) is 18.9 Å². The van der Waals surface area contributed by atoms with Crippen LogP contribution in [0.1, 0.15) is 11.6 Å². The molecule has 0 spiro atoms. The van der Waals surface area contributed by atoms with Gasteiger partial charge in [-0.3, -0.25) is 0 Å². The highest BCUT2D eigenvalue weighted by Gasteiger charge is 2.33. The summed E-state index contributed by atoms with van der Waals surface area (Å²) in [5.74, 6) is -0.389. The van der Waals surface area contributed by atoms with Gasteiger partial charge in [-0.25, -0.2) is 0 Å². The molecule has 1 unspecified atom stereocenters. The number of para-hydroxylation sites is 2. The fourth-order valence-electron chi connectivity index (χ4n) is 1.82. The third kappa shape index (κ3) is 4.14. The van der Waals surface area contributed by atoms with Crippen molar-refractivity contribution in [2.45, 2.75) is 12.4 Å². The molecule has 1 N–H and O–H groups in total. The molecule has 0 saturated heterocycles. The highest BCUT2D eigenvalue weighted by Crippen LogP contribution is 2.31. The number of alkyl halides is 3. The second-order valence-corrected chi connectivity index (χ2v) is 4.16. The van der Waals surface area contributed by atoms with E-state index < -0.39 is 12.4 Å². The molecule has 0 saturated carbocycles. The third-order valence-electron chi connectivity index (χ3n) is 2.67. The van der Waals surface area contributed by atoms with E-state index in [1.54, 1.807) is 36.4 Å². The third-order valence-corrected chi connectivity index (χ3v) is 2.67. The molecule has 0 aliphatic heterocycles. The minimum absolute atomic E-state index is 0.126. The quantitative estimate of drug-likeness (QED) is 0.915. The second kappa shape index (κ2) is 6.18. The number of nitrogens with zero attached hydrogens (tertiary/aromatic N) is 1. The van der Waals surface area contributed by atoms with Gasteiger partial charge >= 0.3 is 6.36 Å². The molecule has 108 valence electrons. The predicted molar refractivity (Wildman–Crippen MR) is 71.5 cm³/mol. The summed E-state index contributed by atoms with van der Waals surface area (Å²) in [4.78, 5) is 0. The van der Waals surface area contributed by atoms with E-state index >= 15 is 0 Å². The first-order valence-electron chi connectivity index (χ1n) is 6.05. The van der Waals surface area contributed by atoms with E-state index in [0.717, 1.165) is 0 Å². The molecule has 0 amide bonds.